The predicted molar refractivity (Wildman–Crippen MR) is 87.8 cm³/mol. The average molecular weight is 341 g/mol. The summed E-state index contributed by atoms with van der Waals surface area (Å²) in [5.41, 5.74) is 1.07. The van der Waals surface area contributed by atoms with E-state index in [9.17, 15) is 18.4 Å². The van der Waals surface area contributed by atoms with E-state index in [1.165, 1.54) is 17.0 Å². The highest BCUT2D eigenvalue weighted by Gasteiger charge is 2.67. The smallest absolute Gasteiger partial charge is 0.263 e. The number of hydrogen-bond donors (Lipinski definition) is 0. The molecule has 4 rings (SSSR count). The second-order valence-corrected chi connectivity index (χ2v) is 6.83. The van der Waals surface area contributed by atoms with E-state index in [2.05, 4.69) is 0 Å². The summed E-state index contributed by atoms with van der Waals surface area (Å²) in [7, 11) is 0. The first-order valence-electron chi connectivity index (χ1n) is 8.28. The van der Waals surface area contributed by atoms with Gasteiger partial charge in [-0.1, -0.05) is 54.6 Å². The maximum Gasteiger partial charge on any atom is 0.263 e. The van der Waals surface area contributed by atoms with Crippen LogP contribution in [0.25, 0.3) is 0 Å². The van der Waals surface area contributed by atoms with E-state index in [0.29, 0.717) is 6.42 Å². The number of likely N-dealkylation sites (tertiary alicyclic amines) is 1. The second-order valence-electron chi connectivity index (χ2n) is 6.83. The highest BCUT2D eigenvalue weighted by Crippen LogP contribution is 2.65. The van der Waals surface area contributed by atoms with Crippen LogP contribution in [-0.2, 0) is 16.1 Å². The van der Waals surface area contributed by atoms with Gasteiger partial charge in [0.15, 0.2) is 0 Å². The van der Waals surface area contributed by atoms with Crippen LogP contribution in [0.15, 0.2) is 54.6 Å². The van der Waals surface area contributed by atoms with Crippen molar-refractivity contribution in [2.45, 2.75) is 31.7 Å². The number of halogens is 2. The maximum absolute atomic E-state index is 12.8. The lowest BCUT2D eigenvalue weighted by atomic mass is 9.97. The molecular weight excluding hydrogens is 324 g/mol. The SMILES string of the molecule is O=C1CC2(CC2c2ccc(C(F)F)cc2)C(=O)N1Cc1ccccc1. The summed E-state index contributed by atoms with van der Waals surface area (Å²) in [6.07, 6.45) is -1.69. The van der Waals surface area contributed by atoms with Gasteiger partial charge in [-0.2, -0.15) is 0 Å². The molecule has 5 heteroatoms. The summed E-state index contributed by atoms with van der Waals surface area (Å²) in [4.78, 5) is 26.6. The molecule has 2 atom stereocenters. The number of benzene rings is 2. The summed E-state index contributed by atoms with van der Waals surface area (Å²) in [6, 6.07) is 15.5. The molecule has 2 unspecified atom stereocenters. The minimum atomic E-state index is -2.50. The Hall–Kier alpha value is -2.56. The van der Waals surface area contributed by atoms with Gasteiger partial charge in [0.1, 0.15) is 0 Å². The van der Waals surface area contributed by atoms with Crippen LogP contribution in [0.1, 0.15) is 41.9 Å². The Morgan fingerprint density at radius 1 is 1.04 bits per heavy atom. The van der Waals surface area contributed by atoms with Crippen molar-refractivity contribution < 1.29 is 18.4 Å². The van der Waals surface area contributed by atoms with Crippen molar-refractivity contribution in [1.82, 2.24) is 4.90 Å². The summed E-state index contributed by atoms with van der Waals surface area (Å²) in [5.74, 6) is -0.346. The summed E-state index contributed by atoms with van der Waals surface area (Å²) in [6.45, 7) is 0.289. The van der Waals surface area contributed by atoms with Gasteiger partial charge in [0.05, 0.1) is 12.0 Å². The first-order valence-corrected chi connectivity index (χ1v) is 8.28. The van der Waals surface area contributed by atoms with Gasteiger partial charge < -0.3 is 0 Å². The largest absolute Gasteiger partial charge is 0.278 e. The summed E-state index contributed by atoms with van der Waals surface area (Å²) < 4.78 is 25.4. The van der Waals surface area contributed by atoms with E-state index in [0.717, 1.165) is 11.1 Å². The van der Waals surface area contributed by atoms with Crippen LogP contribution in [0.5, 0.6) is 0 Å². The Balaban J connectivity index is 1.52. The maximum atomic E-state index is 12.8. The molecule has 2 fully saturated rings. The van der Waals surface area contributed by atoms with Gasteiger partial charge in [-0.25, -0.2) is 8.78 Å². The summed E-state index contributed by atoms with van der Waals surface area (Å²) in [5, 5.41) is 0. The van der Waals surface area contributed by atoms with Crippen molar-refractivity contribution in [2.24, 2.45) is 5.41 Å². The Kier molecular flexibility index (Phi) is 3.67. The zero-order chi connectivity index (χ0) is 17.6. The van der Waals surface area contributed by atoms with Crippen molar-refractivity contribution in [2.75, 3.05) is 0 Å². The van der Waals surface area contributed by atoms with Crippen LogP contribution in [0.2, 0.25) is 0 Å². The Morgan fingerprint density at radius 2 is 1.72 bits per heavy atom. The van der Waals surface area contributed by atoms with Crippen molar-refractivity contribution in [3.05, 3.63) is 71.3 Å². The molecule has 0 radical (unpaired) electrons. The monoisotopic (exact) mass is 341 g/mol. The molecule has 1 saturated carbocycles. The standard InChI is InChI=1S/C20H17F2NO2/c21-18(22)15-8-6-14(7-9-15)16-10-20(16)11-17(24)23(19(20)25)12-13-4-2-1-3-5-13/h1-9,16,18H,10-12H2. The van der Waals surface area contributed by atoms with Gasteiger partial charge in [-0.3, -0.25) is 14.5 Å². The van der Waals surface area contributed by atoms with Crippen LogP contribution in [0, 0.1) is 5.41 Å². The molecule has 1 saturated heterocycles. The molecule has 1 aliphatic carbocycles. The number of carbonyl (C=O) groups excluding carboxylic acids is 2. The topological polar surface area (TPSA) is 37.4 Å². The highest BCUT2D eigenvalue weighted by molar-refractivity contribution is 6.08. The van der Waals surface area contributed by atoms with Gasteiger partial charge in [0, 0.05) is 12.0 Å². The Morgan fingerprint density at radius 3 is 2.36 bits per heavy atom. The Labute approximate surface area is 144 Å². The van der Waals surface area contributed by atoms with Gasteiger partial charge in [-0.15, -0.1) is 0 Å². The third kappa shape index (κ3) is 2.64. The van der Waals surface area contributed by atoms with Crippen molar-refractivity contribution in [3.8, 4) is 0 Å². The number of rotatable bonds is 4. The first-order chi connectivity index (χ1) is 12.0. The van der Waals surface area contributed by atoms with E-state index in [4.69, 9.17) is 0 Å². The van der Waals surface area contributed by atoms with Gasteiger partial charge in [0.25, 0.3) is 6.43 Å². The van der Waals surface area contributed by atoms with Crippen molar-refractivity contribution in [1.29, 1.82) is 0 Å². The van der Waals surface area contributed by atoms with Crippen LogP contribution in [0.3, 0.4) is 0 Å². The summed E-state index contributed by atoms with van der Waals surface area (Å²) >= 11 is 0. The molecule has 0 aromatic heterocycles. The molecule has 0 N–H and O–H groups in total. The minimum absolute atomic E-state index is 0.0296. The zero-order valence-electron chi connectivity index (χ0n) is 13.5. The number of hydrogen-bond acceptors (Lipinski definition) is 2. The highest BCUT2D eigenvalue weighted by atomic mass is 19.3. The second kappa shape index (κ2) is 5.76. The predicted octanol–water partition coefficient (Wildman–Crippen LogP) is 4.06. The lowest BCUT2D eigenvalue weighted by Crippen LogP contribution is -2.30. The molecule has 2 aromatic carbocycles. The van der Waals surface area contributed by atoms with E-state index < -0.39 is 11.8 Å². The molecule has 1 heterocycles. The quantitative estimate of drug-likeness (QED) is 0.787. The normalized spacial score (nSPS) is 25.2. The number of carbonyl (C=O) groups is 2. The number of alkyl halides is 2. The lowest BCUT2D eigenvalue weighted by molar-refractivity contribution is -0.140. The van der Waals surface area contributed by atoms with Gasteiger partial charge in [0.2, 0.25) is 11.8 Å². The molecular formula is C20H17F2NO2. The van der Waals surface area contributed by atoms with E-state index in [-0.39, 0.29) is 36.3 Å². The minimum Gasteiger partial charge on any atom is -0.278 e. The van der Waals surface area contributed by atoms with E-state index in [1.54, 1.807) is 12.1 Å². The van der Waals surface area contributed by atoms with Gasteiger partial charge >= 0.3 is 0 Å². The fourth-order valence-electron chi connectivity index (χ4n) is 3.80. The van der Waals surface area contributed by atoms with Crippen LogP contribution in [-0.4, -0.2) is 16.7 Å². The molecule has 3 nitrogen and oxygen atoms in total. The number of amides is 2. The fourth-order valence-corrected chi connectivity index (χ4v) is 3.80. The molecule has 128 valence electrons. The zero-order valence-corrected chi connectivity index (χ0v) is 13.5. The van der Waals surface area contributed by atoms with Crippen LogP contribution in [0.4, 0.5) is 8.78 Å². The first kappa shape index (κ1) is 15.9. The molecule has 2 aromatic rings. The molecule has 1 aliphatic heterocycles. The number of imide groups is 1. The van der Waals surface area contributed by atoms with E-state index in [1.807, 2.05) is 30.3 Å². The molecule has 2 amide bonds. The van der Waals surface area contributed by atoms with E-state index >= 15 is 0 Å². The third-order valence-electron chi connectivity index (χ3n) is 5.29. The number of nitrogens with zero attached hydrogens (tertiary/aromatic N) is 1. The molecule has 25 heavy (non-hydrogen) atoms. The van der Waals surface area contributed by atoms with Gasteiger partial charge in [-0.05, 0) is 23.5 Å². The Bertz CT molecular complexity index is 819. The van der Waals surface area contributed by atoms with Crippen LogP contribution < -0.4 is 0 Å². The average Bonchev–Trinajstić information content (AvgIpc) is 3.29. The molecule has 2 aliphatic rings. The van der Waals surface area contributed by atoms with Crippen molar-refractivity contribution >= 4 is 11.8 Å². The lowest BCUT2D eigenvalue weighted by Gasteiger charge is -2.15. The van der Waals surface area contributed by atoms with Crippen molar-refractivity contribution in [3.63, 3.8) is 0 Å². The van der Waals surface area contributed by atoms with Crippen LogP contribution >= 0.6 is 0 Å². The third-order valence-corrected chi connectivity index (χ3v) is 5.29. The fraction of sp³-hybridized carbons (Fsp3) is 0.300. The molecule has 0 bridgehead atoms. The molecule has 1 spiro atoms.